The van der Waals surface area contributed by atoms with Crippen molar-refractivity contribution in [3.05, 3.63) is 60.7 Å². The Bertz CT molecular complexity index is 1000. The van der Waals surface area contributed by atoms with Crippen LogP contribution in [0.2, 0.25) is 0 Å². The van der Waals surface area contributed by atoms with Gasteiger partial charge in [0.05, 0.1) is 18.6 Å². The first kappa shape index (κ1) is 18.8. The minimum atomic E-state index is -0.839. The Balaban J connectivity index is 1.60. The van der Waals surface area contributed by atoms with E-state index in [9.17, 15) is 4.79 Å². The molecule has 1 atom stereocenters. The van der Waals surface area contributed by atoms with Crippen LogP contribution in [0.3, 0.4) is 0 Å². The van der Waals surface area contributed by atoms with Gasteiger partial charge in [-0.3, -0.25) is 4.79 Å². The Hall–Kier alpha value is -3.55. The fourth-order valence-corrected chi connectivity index (χ4v) is 3.52. The number of hydrogen-bond acceptors (Lipinski definition) is 7. The molecule has 1 aromatic heterocycles. The zero-order valence-corrected chi connectivity index (χ0v) is 16.5. The lowest BCUT2D eigenvalue weighted by Gasteiger charge is -2.32. The number of carbonyl (C=O) groups is 1. The number of nitrogens with zero attached hydrogens (tertiary/aromatic N) is 3. The van der Waals surface area contributed by atoms with Gasteiger partial charge in [-0.05, 0) is 43.7 Å². The predicted molar refractivity (Wildman–Crippen MR) is 106 cm³/mol. The molecular weight excluding hydrogens is 372 g/mol. The Morgan fingerprint density at radius 3 is 2.55 bits per heavy atom. The summed E-state index contributed by atoms with van der Waals surface area (Å²) in [4.78, 5) is 16.5. The van der Waals surface area contributed by atoms with Crippen molar-refractivity contribution in [1.29, 1.82) is 0 Å². The van der Waals surface area contributed by atoms with E-state index in [-0.39, 0.29) is 18.8 Å². The molecule has 0 aliphatic carbocycles. The van der Waals surface area contributed by atoms with Crippen LogP contribution in [0.4, 0.5) is 11.4 Å². The molecule has 0 saturated heterocycles. The summed E-state index contributed by atoms with van der Waals surface area (Å²) in [6, 6.07) is 13.2. The first-order chi connectivity index (χ1) is 14.0. The maximum absolute atomic E-state index is 12.4. The standard InChI is InChI=1S/C21H22N4O4/c1-21(2,20(26)27-3)19(25-12-22-11-23-25)14-4-6-15(7-5-14)24-16-8-9-17-18(10-16)29-13-28-17/h4-12,19,24H,13H2,1-3H3. The van der Waals surface area contributed by atoms with Crippen LogP contribution in [-0.2, 0) is 9.53 Å². The van der Waals surface area contributed by atoms with Crippen molar-refractivity contribution in [3.8, 4) is 11.5 Å². The Labute approximate surface area is 168 Å². The summed E-state index contributed by atoms with van der Waals surface area (Å²) in [5.41, 5.74) is 1.88. The number of ether oxygens (including phenoxy) is 3. The lowest BCUT2D eigenvalue weighted by Crippen LogP contribution is -2.36. The maximum Gasteiger partial charge on any atom is 0.313 e. The normalized spacial score (nSPS) is 13.8. The van der Waals surface area contributed by atoms with E-state index in [1.807, 2.05) is 56.3 Å². The van der Waals surface area contributed by atoms with Gasteiger partial charge in [-0.2, -0.15) is 5.10 Å². The molecular formula is C21H22N4O4. The quantitative estimate of drug-likeness (QED) is 0.640. The lowest BCUT2D eigenvalue weighted by atomic mass is 9.80. The third-order valence-electron chi connectivity index (χ3n) is 4.98. The van der Waals surface area contributed by atoms with Crippen LogP contribution in [0.25, 0.3) is 0 Å². The van der Waals surface area contributed by atoms with Gasteiger partial charge in [0.25, 0.3) is 0 Å². The SMILES string of the molecule is COC(=O)C(C)(C)C(c1ccc(Nc2ccc3c(c2)OCO3)cc1)n1cncn1. The number of carbonyl (C=O) groups excluding carboxylic acids is 1. The van der Waals surface area contributed by atoms with E-state index >= 15 is 0 Å². The summed E-state index contributed by atoms with van der Waals surface area (Å²) in [6.07, 6.45) is 3.06. The molecule has 1 N–H and O–H groups in total. The monoisotopic (exact) mass is 394 g/mol. The summed E-state index contributed by atoms with van der Waals surface area (Å²) in [6.45, 7) is 3.92. The van der Waals surface area contributed by atoms with Gasteiger partial charge in [0.15, 0.2) is 11.5 Å². The third kappa shape index (κ3) is 3.61. The number of aromatic nitrogens is 3. The van der Waals surface area contributed by atoms with Crippen molar-refractivity contribution < 1.29 is 19.0 Å². The second kappa shape index (κ2) is 7.46. The summed E-state index contributed by atoms with van der Waals surface area (Å²) < 4.78 is 17.5. The highest BCUT2D eigenvalue weighted by atomic mass is 16.7. The molecule has 150 valence electrons. The van der Waals surface area contributed by atoms with Crippen LogP contribution >= 0.6 is 0 Å². The van der Waals surface area contributed by atoms with E-state index in [0.717, 1.165) is 28.4 Å². The molecule has 1 aliphatic rings. The second-order valence-electron chi connectivity index (χ2n) is 7.31. The molecule has 0 bridgehead atoms. The molecule has 8 heteroatoms. The summed E-state index contributed by atoms with van der Waals surface area (Å²) in [5, 5.41) is 7.60. The minimum Gasteiger partial charge on any atom is -0.469 e. The topological polar surface area (TPSA) is 87.5 Å². The van der Waals surface area contributed by atoms with Crippen LogP contribution in [0.15, 0.2) is 55.1 Å². The largest absolute Gasteiger partial charge is 0.469 e. The molecule has 29 heavy (non-hydrogen) atoms. The second-order valence-corrected chi connectivity index (χ2v) is 7.31. The highest BCUT2D eigenvalue weighted by Crippen LogP contribution is 2.38. The molecule has 2 aromatic carbocycles. The van der Waals surface area contributed by atoms with Gasteiger partial charge in [0.2, 0.25) is 6.79 Å². The first-order valence-electron chi connectivity index (χ1n) is 9.18. The molecule has 0 amide bonds. The van der Waals surface area contributed by atoms with Crippen molar-refractivity contribution >= 4 is 17.3 Å². The van der Waals surface area contributed by atoms with Gasteiger partial charge >= 0.3 is 5.97 Å². The maximum atomic E-state index is 12.4. The highest BCUT2D eigenvalue weighted by molar-refractivity contribution is 5.77. The Morgan fingerprint density at radius 2 is 1.86 bits per heavy atom. The fourth-order valence-electron chi connectivity index (χ4n) is 3.52. The fraction of sp³-hybridized carbons (Fsp3) is 0.286. The van der Waals surface area contributed by atoms with Crippen molar-refractivity contribution in [2.75, 3.05) is 19.2 Å². The summed E-state index contributed by atoms with van der Waals surface area (Å²) in [5.74, 6) is 1.14. The molecule has 1 unspecified atom stereocenters. The van der Waals surface area contributed by atoms with Gasteiger partial charge < -0.3 is 19.5 Å². The van der Waals surface area contributed by atoms with E-state index in [1.54, 1.807) is 11.0 Å². The lowest BCUT2D eigenvalue weighted by molar-refractivity contribution is -0.152. The number of rotatable bonds is 6. The van der Waals surface area contributed by atoms with Gasteiger partial charge in [0, 0.05) is 17.4 Å². The zero-order valence-electron chi connectivity index (χ0n) is 16.5. The minimum absolute atomic E-state index is 0.243. The number of methoxy groups -OCH3 is 1. The first-order valence-corrected chi connectivity index (χ1v) is 9.18. The molecule has 3 aromatic rings. The van der Waals surface area contributed by atoms with Crippen LogP contribution < -0.4 is 14.8 Å². The summed E-state index contributed by atoms with van der Waals surface area (Å²) >= 11 is 0. The van der Waals surface area contributed by atoms with Crippen molar-refractivity contribution in [1.82, 2.24) is 14.8 Å². The van der Waals surface area contributed by atoms with Crippen LogP contribution in [0, 0.1) is 5.41 Å². The highest BCUT2D eigenvalue weighted by Gasteiger charge is 2.40. The molecule has 0 radical (unpaired) electrons. The van der Waals surface area contributed by atoms with Gasteiger partial charge in [-0.1, -0.05) is 12.1 Å². The van der Waals surface area contributed by atoms with Gasteiger partial charge in [0.1, 0.15) is 12.7 Å². The molecule has 0 spiro atoms. The Morgan fingerprint density at radius 1 is 1.14 bits per heavy atom. The van der Waals surface area contributed by atoms with E-state index in [2.05, 4.69) is 15.4 Å². The predicted octanol–water partition coefficient (Wildman–Crippen LogP) is 3.54. The number of nitrogens with one attached hydrogen (secondary N) is 1. The van der Waals surface area contributed by atoms with Crippen molar-refractivity contribution in [3.63, 3.8) is 0 Å². The smallest absolute Gasteiger partial charge is 0.313 e. The van der Waals surface area contributed by atoms with Crippen LogP contribution in [-0.4, -0.2) is 34.6 Å². The number of hydrogen-bond donors (Lipinski definition) is 1. The average molecular weight is 394 g/mol. The van der Waals surface area contributed by atoms with E-state index in [1.165, 1.54) is 13.4 Å². The molecule has 4 rings (SSSR count). The Kier molecular flexibility index (Phi) is 4.84. The number of esters is 1. The zero-order chi connectivity index (χ0) is 20.4. The van der Waals surface area contributed by atoms with E-state index in [0.29, 0.717) is 0 Å². The summed E-state index contributed by atoms with van der Waals surface area (Å²) in [7, 11) is 1.39. The molecule has 0 saturated carbocycles. The number of anilines is 2. The molecule has 1 aliphatic heterocycles. The van der Waals surface area contributed by atoms with Crippen LogP contribution in [0.1, 0.15) is 25.5 Å². The molecule has 2 heterocycles. The van der Waals surface area contributed by atoms with E-state index < -0.39 is 5.41 Å². The molecule has 8 nitrogen and oxygen atoms in total. The van der Waals surface area contributed by atoms with Crippen molar-refractivity contribution in [2.24, 2.45) is 5.41 Å². The van der Waals surface area contributed by atoms with Crippen molar-refractivity contribution in [2.45, 2.75) is 19.9 Å². The van der Waals surface area contributed by atoms with Gasteiger partial charge in [-0.15, -0.1) is 0 Å². The number of benzene rings is 2. The average Bonchev–Trinajstić information content (AvgIpc) is 3.40. The molecule has 0 fully saturated rings. The van der Waals surface area contributed by atoms with E-state index in [4.69, 9.17) is 14.2 Å². The number of fused-ring (bicyclic) bond motifs is 1. The van der Waals surface area contributed by atoms with Gasteiger partial charge in [-0.25, -0.2) is 9.67 Å². The third-order valence-corrected chi connectivity index (χ3v) is 4.98. The van der Waals surface area contributed by atoms with Crippen LogP contribution in [0.5, 0.6) is 11.5 Å².